The molecule has 3 heteroatoms. The smallest absolute Gasteiger partial charge is 0.157 e. The van der Waals surface area contributed by atoms with Crippen molar-refractivity contribution >= 4 is 17.1 Å². The zero-order valence-corrected chi connectivity index (χ0v) is 5.94. The summed E-state index contributed by atoms with van der Waals surface area (Å²) >= 11 is 1.52. The summed E-state index contributed by atoms with van der Waals surface area (Å²) in [5, 5.41) is 2.73. The van der Waals surface area contributed by atoms with Crippen LogP contribution in [0.4, 0.5) is 0 Å². The summed E-state index contributed by atoms with van der Waals surface area (Å²) < 4.78 is 4.85. The van der Waals surface area contributed by atoms with Crippen molar-refractivity contribution in [2.45, 2.75) is 0 Å². The highest BCUT2D eigenvalue weighted by molar-refractivity contribution is 7.10. The van der Waals surface area contributed by atoms with E-state index in [2.05, 4.69) is 11.6 Å². The highest BCUT2D eigenvalue weighted by Gasteiger charge is 1.97. The normalized spacial score (nSPS) is 9.00. The third kappa shape index (κ3) is 1.29. The molecule has 0 bridgehead atoms. The maximum Gasteiger partial charge on any atom is 0.157 e. The number of thiazole rings is 1. The number of methoxy groups -OCH3 is 1. The van der Waals surface area contributed by atoms with E-state index in [1.165, 1.54) is 11.3 Å². The SMILES string of the molecule is C=C(OC)c1nccs1. The molecule has 0 N–H and O–H groups in total. The minimum Gasteiger partial charge on any atom is -0.494 e. The lowest BCUT2D eigenvalue weighted by atomic mass is 10.6. The van der Waals surface area contributed by atoms with Gasteiger partial charge in [0, 0.05) is 11.6 Å². The number of hydrogen-bond acceptors (Lipinski definition) is 3. The van der Waals surface area contributed by atoms with Gasteiger partial charge in [0.1, 0.15) is 5.76 Å². The second kappa shape index (κ2) is 2.64. The fourth-order valence-corrected chi connectivity index (χ4v) is 1.04. The number of ether oxygens (including phenoxy) is 1. The molecule has 0 aliphatic heterocycles. The zero-order valence-electron chi connectivity index (χ0n) is 5.13. The summed E-state index contributed by atoms with van der Waals surface area (Å²) in [6.07, 6.45) is 1.73. The van der Waals surface area contributed by atoms with Crippen LogP contribution in [0.3, 0.4) is 0 Å². The second-order valence-electron chi connectivity index (χ2n) is 1.46. The Hall–Kier alpha value is -0.830. The van der Waals surface area contributed by atoms with Crippen LogP contribution in [0.1, 0.15) is 5.01 Å². The van der Waals surface area contributed by atoms with E-state index in [9.17, 15) is 0 Å². The van der Waals surface area contributed by atoms with Crippen LogP contribution in [0.25, 0.3) is 5.76 Å². The molecule has 0 amide bonds. The Balaban J connectivity index is 2.77. The molecule has 1 heterocycles. The number of nitrogens with zero attached hydrogens (tertiary/aromatic N) is 1. The van der Waals surface area contributed by atoms with Gasteiger partial charge in [0.15, 0.2) is 5.01 Å². The highest BCUT2D eigenvalue weighted by atomic mass is 32.1. The molecule has 0 spiro atoms. The van der Waals surface area contributed by atoms with Gasteiger partial charge in [-0.2, -0.15) is 0 Å². The molecule has 0 aromatic carbocycles. The molecule has 0 saturated carbocycles. The van der Waals surface area contributed by atoms with Gasteiger partial charge in [-0.05, 0) is 0 Å². The van der Waals surface area contributed by atoms with Crippen molar-refractivity contribution in [3.63, 3.8) is 0 Å². The molecule has 0 unspecified atom stereocenters. The Morgan fingerprint density at radius 2 is 2.67 bits per heavy atom. The maximum atomic E-state index is 4.85. The van der Waals surface area contributed by atoms with Crippen molar-refractivity contribution in [3.05, 3.63) is 23.2 Å². The standard InChI is InChI=1S/C6H7NOS/c1-5(8-2)6-7-3-4-9-6/h3-4H,1H2,2H3. The summed E-state index contributed by atoms with van der Waals surface area (Å²) in [5.74, 6) is 0.630. The summed E-state index contributed by atoms with van der Waals surface area (Å²) in [7, 11) is 1.59. The first kappa shape index (κ1) is 6.29. The van der Waals surface area contributed by atoms with Crippen molar-refractivity contribution in [2.75, 3.05) is 7.11 Å². The third-order valence-electron chi connectivity index (χ3n) is 0.917. The summed E-state index contributed by atoms with van der Waals surface area (Å²) in [6.45, 7) is 3.64. The summed E-state index contributed by atoms with van der Waals surface area (Å²) in [5.41, 5.74) is 0. The molecule has 9 heavy (non-hydrogen) atoms. The predicted molar refractivity (Wildman–Crippen MR) is 38.2 cm³/mol. The van der Waals surface area contributed by atoms with E-state index in [4.69, 9.17) is 4.74 Å². The molecule has 0 fully saturated rings. The van der Waals surface area contributed by atoms with Gasteiger partial charge in [-0.3, -0.25) is 0 Å². The van der Waals surface area contributed by atoms with E-state index in [1.54, 1.807) is 13.3 Å². The molecular formula is C6H7NOS. The zero-order chi connectivity index (χ0) is 6.69. The Kier molecular flexibility index (Phi) is 1.85. The maximum absolute atomic E-state index is 4.85. The van der Waals surface area contributed by atoms with Crippen LogP contribution < -0.4 is 0 Å². The molecule has 1 rings (SSSR count). The van der Waals surface area contributed by atoms with Crippen LogP contribution in [0.15, 0.2) is 18.2 Å². The summed E-state index contributed by atoms with van der Waals surface area (Å²) in [4.78, 5) is 3.98. The molecule has 48 valence electrons. The van der Waals surface area contributed by atoms with Gasteiger partial charge in [0.05, 0.1) is 7.11 Å². The minimum atomic E-state index is 0.630. The molecule has 0 atom stereocenters. The van der Waals surface area contributed by atoms with Gasteiger partial charge >= 0.3 is 0 Å². The van der Waals surface area contributed by atoms with Gasteiger partial charge in [0.25, 0.3) is 0 Å². The van der Waals surface area contributed by atoms with Crippen LogP contribution >= 0.6 is 11.3 Å². The van der Waals surface area contributed by atoms with Crippen molar-refractivity contribution in [3.8, 4) is 0 Å². The van der Waals surface area contributed by atoms with Crippen LogP contribution in [0.2, 0.25) is 0 Å². The summed E-state index contributed by atoms with van der Waals surface area (Å²) in [6, 6.07) is 0. The van der Waals surface area contributed by atoms with Gasteiger partial charge in [-0.25, -0.2) is 4.98 Å². The lowest BCUT2D eigenvalue weighted by molar-refractivity contribution is 0.371. The van der Waals surface area contributed by atoms with Crippen molar-refractivity contribution in [1.29, 1.82) is 0 Å². The largest absolute Gasteiger partial charge is 0.494 e. The number of hydrogen-bond donors (Lipinski definition) is 0. The van der Waals surface area contributed by atoms with Crippen LogP contribution in [-0.2, 0) is 4.74 Å². The first-order valence-electron chi connectivity index (χ1n) is 2.47. The van der Waals surface area contributed by atoms with Crippen LogP contribution in [0, 0.1) is 0 Å². The van der Waals surface area contributed by atoms with E-state index in [0.29, 0.717) is 5.76 Å². The van der Waals surface area contributed by atoms with E-state index >= 15 is 0 Å². The molecule has 1 aromatic heterocycles. The van der Waals surface area contributed by atoms with Crippen LogP contribution in [0.5, 0.6) is 0 Å². The lowest BCUT2D eigenvalue weighted by Crippen LogP contribution is -1.81. The van der Waals surface area contributed by atoms with E-state index in [1.807, 2.05) is 5.38 Å². The first-order chi connectivity index (χ1) is 4.34. The molecule has 1 aromatic rings. The van der Waals surface area contributed by atoms with Crippen LogP contribution in [-0.4, -0.2) is 12.1 Å². The minimum absolute atomic E-state index is 0.630. The number of rotatable bonds is 2. The monoisotopic (exact) mass is 141 g/mol. The van der Waals surface area contributed by atoms with Crippen molar-refractivity contribution in [1.82, 2.24) is 4.98 Å². The quantitative estimate of drug-likeness (QED) is 0.585. The van der Waals surface area contributed by atoms with Crippen molar-refractivity contribution in [2.24, 2.45) is 0 Å². The topological polar surface area (TPSA) is 22.1 Å². The Morgan fingerprint density at radius 1 is 1.89 bits per heavy atom. The Labute approximate surface area is 57.8 Å². The molecular weight excluding hydrogens is 134 g/mol. The first-order valence-corrected chi connectivity index (χ1v) is 3.35. The second-order valence-corrected chi connectivity index (χ2v) is 2.36. The van der Waals surface area contributed by atoms with E-state index in [0.717, 1.165) is 5.01 Å². The fraction of sp³-hybridized carbons (Fsp3) is 0.167. The molecule has 0 aliphatic rings. The van der Waals surface area contributed by atoms with E-state index in [-0.39, 0.29) is 0 Å². The Bertz CT molecular complexity index is 193. The number of aromatic nitrogens is 1. The molecule has 2 nitrogen and oxygen atoms in total. The lowest BCUT2D eigenvalue weighted by Gasteiger charge is -1.95. The van der Waals surface area contributed by atoms with Gasteiger partial charge in [0.2, 0.25) is 0 Å². The van der Waals surface area contributed by atoms with E-state index < -0.39 is 0 Å². The average molecular weight is 141 g/mol. The molecule has 0 radical (unpaired) electrons. The van der Waals surface area contributed by atoms with Gasteiger partial charge in [-0.15, -0.1) is 11.3 Å². The molecule has 0 aliphatic carbocycles. The fourth-order valence-electron chi connectivity index (χ4n) is 0.448. The average Bonchev–Trinajstić information content (AvgIpc) is 2.37. The van der Waals surface area contributed by atoms with Gasteiger partial charge < -0.3 is 4.74 Å². The highest BCUT2D eigenvalue weighted by Crippen LogP contribution is 2.14. The third-order valence-corrected chi connectivity index (χ3v) is 1.73. The van der Waals surface area contributed by atoms with Crippen molar-refractivity contribution < 1.29 is 4.74 Å². The van der Waals surface area contributed by atoms with Gasteiger partial charge in [-0.1, -0.05) is 6.58 Å². The molecule has 0 saturated heterocycles. The predicted octanol–water partition coefficient (Wildman–Crippen LogP) is 1.76. The Morgan fingerprint density at radius 3 is 3.11 bits per heavy atom.